The van der Waals surface area contributed by atoms with Gasteiger partial charge in [-0.05, 0) is 59.4 Å². The lowest BCUT2D eigenvalue weighted by molar-refractivity contribution is -0.132. The second-order valence-electron chi connectivity index (χ2n) is 9.97. The van der Waals surface area contributed by atoms with Crippen LogP contribution in [0.25, 0.3) is 5.76 Å². The number of halogens is 3. The summed E-state index contributed by atoms with van der Waals surface area (Å²) in [6, 6.07) is 13.5. The zero-order chi connectivity index (χ0) is 27.2. The second-order valence-corrected chi connectivity index (χ2v) is 10.8. The zero-order valence-electron chi connectivity index (χ0n) is 21.0. The van der Waals surface area contributed by atoms with E-state index in [-0.39, 0.29) is 38.0 Å². The smallest absolute Gasteiger partial charge is 0.300 e. The van der Waals surface area contributed by atoms with Crippen molar-refractivity contribution in [1.82, 2.24) is 0 Å². The third kappa shape index (κ3) is 4.83. The second kappa shape index (κ2) is 9.84. The van der Waals surface area contributed by atoms with E-state index >= 15 is 0 Å². The number of benzene rings is 3. The highest BCUT2D eigenvalue weighted by Crippen LogP contribution is 2.45. The highest BCUT2D eigenvalue weighted by molar-refractivity contribution is 6.52. The van der Waals surface area contributed by atoms with E-state index in [9.17, 15) is 19.1 Å². The topological polar surface area (TPSA) is 66.8 Å². The molecule has 0 bridgehead atoms. The number of rotatable bonds is 4. The standard InChI is InChI=1S/C29H26Cl2FNO4/c1-15-12-19(27(37-5)21(31)13-15)25(34)23-24(16-6-8-17(9-7-16)29(2,3)4)33(28(36)26(23)35)18-10-11-22(32)20(30)14-18/h6-14,24,34H,1-5H3/b25-23+. The molecule has 1 aliphatic rings. The highest BCUT2D eigenvalue weighted by atomic mass is 35.5. The maximum Gasteiger partial charge on any atom is 0.300 e. The Morgan fingerprint density at radius 1 is 1.00 bits per heavy atom. The van der Waals surface area contributed by atoms with Gasteiger partial charge < -0.3 is 9.84 Å². The number of amides is 1. The number of anilines is 1. The van der Waals surface area contributed by atoms with Crippen LogP contribution in [0.1, 0.15) is 49.1 Å². The van der Waals surface area contributed by atoms with Crippen LogP contribution < -0.4 is 9.64 Å². The molecule has 1 aliphatic heterocycles. The maximum atomic E-state index is 13.9. The minimum absolute atomic E-state index is 0.128. The molecule has 0 aliphatic carbocycles. The fraction of sp³-hybridized carbons (Fsp3) is 0.241. The first kappa shape index (κ1) is 26.7. The molecule has 0 aromatic heterocycles. The van der Waals surface area contributed by atoms with Gasteiger partial charge in [-0.3, -0.25) is 14.5 Å². The van der Waals surface area contributed by atoms with Crippen molar-refractivity contribution in [2.75, 3.05) is 12.0 Å². The molecule has 0 spiro atoms. The Balaban J connectivity index is 2.00. The summed E-state index contributed by atoms with van der Waals surface area (Å²) in [5, 5.41) is 11.5. The molecule has 8 heteroatoms. The number of hydrogen-bond acceptors (Lipinski definition) is 4. The number of Topliss-reactive ketones (excluding diaryl/α,β-unsaturated/α-hetero) is 1. The monoisotopic (exact) mass is 541 g/mol. The lowest BCUT2D eigenvalue weighted by Crippen LogP contribution is -2.29. The number of ketones is 1. The largest absolute Gasteiger partial charge is 0.507 e. The van der Waals surface area contributed by atoms with Gasteiger partial charge in [-0.25, -0.2) is 4.39 Å². The summed E-state index contributed by atoms with van der Waals surface area (Å²) in [4.78, 5) is 28.0. The summed E-state index contributed by atoms with van der Waals surface area (Å²) < 4.78 is 19.4. The van der Waals surface area contributed by atoms with E-state index in [0.717, 1.165) is 17.2 Å². The van der Waals surface area contributed by atoms with Crippen LogP contribution in [-0.4, -0.2) is 23.9 Å². The molecular formula is C29H26Cl2FNO4. The van der Waals surface area contributed by atoms with Gasteiger partial charge in [-0.2, -0.15) is 0 Å². The van der Waals surface area contributed by atoms with Crippen molar-refractivity contribution < 1.29 is 23.8 Å². The lowest BCUT2D eigenvalue weighted by Gasteiger charge is -2.27. The number of aliphatic hydroxyl groups excluding tert-OH is 1. The van der Waals surface area contributed by atoms with Gasteiger partial charge in [-0.1, -0.05) is 68.2 Å². The minimum atomic E-state index is -1.01. The molecule has 1 N–H and O–H groups in total. The predicted molar refractivity (Wildman–Crippen MR) is 144 cm³/mol. The molecule has 1 heterocycles. The molecule has 1 saturated heterocycles. The number of carbonyl (C=O) groups is 2. The van der Waals surface area contributed by atoms with Crippen LogP contribution in [0.4, 0.5) is 10.1 Å². The third-order valence-corrected chi connectivity index (χ3v) is 6.94. The van der Waals surface area contributed by atoms with Crippen LogP contribution >= 0.6 is 23.2 Å². The molecule has 3 aromatic rings. The van der Waals surface area contributed by atoms with Crippen molar-refractivity contribution in [3.05, 3.63) is 98.3 Å². The average Bonchev–Trinajstić information content (AvgIpc) is 3.10. The Kier molecular flexibility index (Phi) is 7.10. The molecule has 1 unspecified atom stereocenters. The number of aryl methyl sites for hydroxylation is 1. The van der Waals surface area contributed by atoms with Gasteiger partial charge in [0, 0.05) is 5.69 Å². The number of hydrogen-bond donors (Lipinski definition) is 1. The molecular weight excluding hydrogens is 516 g/mol. The van der Waals surface area contributed by atoms with Crippen molar-refractivity contribution in [3.8, 4) is 5.75 Å². The van der Waals surface area contributed by atoms with Crippen LogP contribution in [0.2, 0.25) is 10.0 Å². The Hall–Kier alpha value is -3.35. The van der Waals surface area contributed by atoms with Crippen molar-refractivity contribution in [1.29, 1.82) is 0 Å². The van der Waals surface area contributed by atoms with Crippen molar-refractivity contribution in [3.63, 3.8) is 0 Å². The first-order valence-corrected chi connectivity index (χ1v) is 12.3. The average molecular weight is 542 g/mol. The normalized spacial score (nSPS) is 17.4. The van der Waals surface area contributed by atoms with Crippen LogP contribution in [0.3, 0.4) is 0 Å². The van der Waals surface area contributed by atoms with Gasteiger partial charge in [0.25, 0.3) is 11.7 Å². The van der Waals surface area contributed by atoms with Gasteiger partial charge in [0.1, 0.15) is 17.3 Å². The van der Waals surface area contributed by atoms with E-state index < -0.39 is 29.3 Å². The van der Waals surface area contributed by atoms with Gasteiger partial charge >= 0.3 is 0 Å². The van der Waals surface area contributed by atoms with E-state index in [0.29, 0.717) is 5.56 Å². The van der Waals surface area contributed by atoms with Gasteiger partial charge in [0.2, 0.25) is 0 Å². The summed E-state index contributed by atoms with van der Waals surface area (Å²) >= 11 is 12.4. The number of carbonyl (C=O) groups excluding carboxylic acids is 2. The van der Waals surface area contributed by atoms with Crippen molar-refractivity contribution in [2.24, 2.45) is 0 Å². The van der Waals surface area contributed by atoms with Gasteiger partial charge in [-0.15, -0.1) is 0 Å². The summed E-state index contributed by atoms with van der Waals surface area (Å²) in [5.41, 5.74) is 2.46. The van der Waals surface area contributed by atoms with Gasteiger partial charge in [0.15, 0.2) is 0 Å². The highest BCUT2D eigenvalue weighted by Gasteiger charge is 2.47. The number of aliphatic hydroxyl groups is 1. The maximum absolute atomic E-state index is 13.9. The molecule has 1 fully saturated rings. The SMILES string of the molecule is COc1c(Cl)cc(C)cc1/C(O)=C1\C(=O)C(=O)N(c2ccc(F)c(Cl)c2)C1c1ccc(C(C)(C)C)cc1. The number of ether oxygens (including phenoxy) is 1. The molecule has 1 atom stereocenters. The molecule has 3 aromatic carbocycles. The van der Waals surface area contributed by atoms with E-state index in [2.05, 4.69) is 20.8 Å². The quantitative estimate of drug-likeness (QED) is 0.212. The Bertz CT molecular complexity index is 1440. The van der Waals surface area contributed by atoms with Crippen LogP contribution in [0.5, 0.6) is 5.75 Å². The minimum Gasteiger partial charge on any atom is -0.507 e. The first-order chi connectivity index (χ1) is 17.3. The number of methoxy groups -OCH3 is 1. The van der Waals surface area contributed by atoms with E-state index in [4.69, 9.17) is 27.9 Å². The number of nitrogens with zero attached hydrogens (tertiary/aromatic N) is 1. The Morgan fingerprint density at radius 3 is 2.22 bits per heavy atom. The summed E-state index contributed by atoms with van der Waals surface area (Å²) in [6.07, 6.45) is 0. The molecule has 192 valence electrons. The Labute approximate surface area is 225 Å². The van der Waals surface area contributed by atoms with Crippen molar-refractivity contribution >= 4 is 46.3 Å². The summed E-state index contributed by atoms with van der Waals surface area (Å²) in [7, 11) is 1.40. The molecule has 5 nitrogen and oxygen atoms in total. The first-order valence-electron chi connectivity index (χ1n) is 11.6. The fourth-order valence-corrected chi connectivity index (χ4v) is 5.00. The molecule has 0 radical (unpaired) electrons. The van der Waals surface area contributed by atoms with E-state index in [1.807, 2.05) is 24.3 Å². The lowest BCUT2D eigenvalue weighted by atomic mass is 9.85. The third-order valence-electron chi connectivity index (χ3n) is 6.37. The molecule has 37 heavy (non-hydrogen) atoms. The van der Waals surface area contributed by atoms with Crippen LogP contribution in [0.15, 0.2) is 60.2 Å². The summed E-state index contributed by atoms with van der Waals surface area (Å²) in [5.74, 6) is -2.70. The van der Waals surface area contributed by atoms with Crippen LogP contribution in [-0.2, 0) is 15.0 Å². The van der Waals surface area contributed by atoms with Crippen LogP contribution in [0, 0.1) is 12.7 Å². The predicted octanol–water partition coefficient (Wildman–Crippen LogP) is 7.37. The molecule has 0 saturated carbocycles. The van der Waals surface area contributed by atoms with Gasteiger partial charge in [0.05, 0.1) is 34.3 Å². The molecule has 1 amide bonds. The van der Waals surface area contributed by atoms with E-state index in [1.165, 1.54) is 24.1 Å². The summed E-state index contributed by atoms with van der Waals surface area (Å²) in [6.45, 7) is 8.00. The zero-order valence-corrected chi connectivity index (χ0v) is 22.5. The molecule has 4 rings (SSSR count). The Morgan fingerprint density at radius 2 is 1.65 bits per heavy atom. The van der Waals surface area contributed by atoms with E-state index in [1.54, 1.807) is 19.1 Å². The fourth-order valence-electron chi connectivity index (χ4n) is 4.47. The van der Waals surface area contributed by atoms with Crippen molar-refractivity contribution in [2.45, 2.75) is 39.2 Å².